The Morgan fingerprint density at radius 1 is 1.03 bits per heavy atom. The molecule has 0 bridgehead atoms. The summed E-state index contributed by atoms with van der Waals surface area (Å²) in [5.74, 6) is 0.0207. The van der Waals surface area contributed by atoms with Gasteiger partial charge in [-0.2, -0.15) is 0 Å². The number of ketones is 1. The molecule has 7 heteroatoms. The Labute approximate surface area is 185 Å². The Hall–Kier alpha value is -3.32. The van der Waals surface area contributed by atoms with Crippen LogP contribution in [0, 0.1) is 0 Å². The molecule has 1 heterocycles. The molecule has 1 aromatic heterocycles. The van der Waals surface area contributed by atoms with Crippen LogP contribution < -0.4 is 14.2 Å². The number of carbonyl (C=O) groups excluding carboxylic acids is 1. The van der Waals surface area contributed by atoms with Crippen molar-refractivity contribution < 1.29 is 28.9 Å². The van der Waals surface area contributed by atoms with Gasteiger partial charge in [0.25, 0.3) is 0 Å². The quantitative estimate of drug-likeness (QED) is 0.466. The van der Waals surface area contributed by atoms with Crippen molar-refractivity contribution in [3.05, 3.63) is 65.0 Å². The first-order chi connectivity index (χ1) is 14.8. The van der Waals surface area contributed by atoms with Crippen molar-refractivity contribution in [2.45, 2.75) is 25.9 Å². The molecule has 0 aliphatic rings. The van der Waals surface area contributed by atoms with Crippen molar-refractivity contribution in [2.24, 2.45) is 0 Å². The van der Waals surface area contributed by atoms with Crippen LogP contribution in [0.25, 0.3) is 10.4 Å². The standard InChI is InChI=1S/C24H24O6S/c1-24(2,23(26)27)30-16-8-5-7-15(13-16)14-18(25)21-19(28-3)11-10-17(22(21)29-4)20-9-6-12-31-20/h5-13H,14H2,1-4H3,(H,26,27). The molecule has 0 spiro atoms. The summed E-state index contributed by atoms with van der Waals surface area (Å²) in [6, 6.07) is 14.4. The van der Waals surface area contributed by atoms with Gasteiger partial charge in [-0.3, -0.25) is 4.79 Å². The number of carboxylic acids is 1. The third-order valence-electron chi connectivity index (χ3n) is 4.76. The number of aliphatic carboxylic acids is 1. The van der Waals surface area contributed by atoms with Crippen LogP contribution in [0.4, 0.5) is 0 Å². The highest BCUT2D eigenvalue weighted by Gasteiger charge is 2.29. The Balaban J connectivity index is 1.94. The van der Waals surface area contributed by atoms with Crippen LogP contribution in [0.2, 0.25) is 0 Å². The zero-order valence-corrected chi connectivity index (χ0v) is 18.6. The summed E-state index contributed by atoms with van der Waals surface area (Å²) in [5.41, 5.74) is 0.494. The highest BCUT2D eigenvalue weighted by Crippen LogP contribution is 2.40. The van der Waals surface area contributed by atoms with E-state index in [0.717, 1.165) is 10.4 Å². The average Bonchev–Trinajstić information content (AvgIpc) is 3.27. The highest BCUT2D eigenvalue weighted by molar-refractivity contribution is 7.13. The lowest BCUT2D eigenvalue weighted by Gasteiger charge is -2.21. The summed E-state index contributed by atoms with van der Waals surface area (Å²) in [4.78, 5) is 25.6. The maximum Gasteiger partial charge on any atom is 0.347 e. The molecule has 2 aromatic carbocycles. The number of thiophene rings is 1. The second-order valence-corrected chi connectivity index (χ2v) is 8.31. The van der Waals surface area contributed by atoms with Crippen LogP contribution in [0.3, 0.4) is 0 Å². The van der Waals surface area contributed by atoms with Crippen LogP contribution >= 0.6 is 11.3 Å². The van der Waals surface area contributed by atoms with E-state index in [-0.39, 0.29) is 12.2 Å². The molecule has 0 saturated heterocycles. The molecule has 0 aliphatic carbocycles. The Bertz CT molecular complexity index is 1090. The van der Waals surface area contributed by atoms with Gasteiger partial charge in [-0.25, -0.2) is 4.79 Å². The molecule has 0 amide bonds. The maximum atomic E-state index is 13.3. The predicted molar refractivity (Wildman–Crippen MR) is 120 cm³/mol. The van der Waals surface area contributed by atoms with Gasteiger partial charge < -0.3 is 19.3 Å². The number of methoxy groups -OCH3 is 2. The maximum absolute atomic E-state index is 13.3. The van der Waals surface area contributed by atoms with Crippen molar-refractivity contribution in [1.29, 1.82) is 0 Å². The molecule has 6 nitrogen and oxygen atoms in total. The summed E-state index contributed by atoms with van der Waals surface area (Å²) in [6.07, 6.45) is 0.0747. The fourth-order valence-electron chi connectivity index (χ4n) is 3.17. The number of hydrogen-bond acceptors (Lipinski definition) is 6. The third-order valence-corrected chi connectivity index (χ3v) is 5.66. The molecule has 0 unspecified atom stereocenters. The summed E-state index contributed by atoms with van der Waals surface area (Å²) in [7, 11) is 3.05. The van der Waals surface area contributed by atoms with Crippen LogP contribution in [0.15, 0.2) is 53.9 Å². The highest BCUT2D eigenvalue weighted by atomic mass is 32.1. The van der Waals surface area contributed by atoms with E-state index in [0.29, 0.717) is 28.4 Å². The minimum Gasteiger partial charge on any atom is -0.496 e. The van der Waals surface area contributed by atoms with E-state index in [4.69, 9.17) is 14.2 Å². The predicted octanol–water partition coefficient (Wildman–Crippen LogP) is 5.10. The van der Waals surface area contributed by atoms with Crippen molar-refractivity contribution >= 4 is 23.1 Å². The van der Waals surface area contributed by atoms with Gasteiger partial charge in [-0.15, -0.1) is 11.3 Å². The van der Waals surface area contributed by atoms with Crippen molar-refractivity contribution in [3.8, 4) is 27.7 Å². The number of Topliss-reactive ketones (excluding diaryl/α,β-unsaturated/α-hetero) is 1. The number of rotatable bonds is 9. The third kappa shape index (κ3) is 4.88. The fourth-order valence-corrected chi connectivity index (χ4v) is 3.92. The molecule has 3 rings (SSSR count). The number of carbonyl (C=O) groups is 2. The van der Waals surface area contributed by atoms with Gasteiger partial charge >= 0.3 is 5.97 Å². The first kappa shape index (κ1) is 22.4. The van der Waals surface area contributed by atoms with Gasteiger partial charge in [0, 0.05) is 16.9 Å². The Kier molecular flexibility index (Phi) is 6.65. The second-order valence-electron chi connectivity index (χ2n) is 7.37. The monoisotopic (exact) mass is 440 g/mol. The lowest BCUT2D eigenvalue weighted by atomic mass is 9.98. The largest absolute Gasteiger partial charge is 0.496 e. The smallest absolute Gasteiger partial charge is 0.347 e. The topological polar surface area (TPSA) is 82.1 Å². The van der Waals surface area contributed by atoms with E-state index in [1.807, 2.05) is 23.6 Å². The van der Waals surface area contributed by atoms with Gasteiger partial charge in [0.2, 0.25) is 0 Å². The van der Waals surface area contributed by atoms with Crippen LogP contribution in [0.5, 0.6) is 17.2 Å². The molecule has 0 saturated carbocycles. The summed E-state index contributed by atoms with van der Waals surface area (Å²) >= 11 is 1.56. The molecule has 0 fully saturated rings. The van der Waals surface area contributed by atoms with E-state index >= 15 is 0 Å². The first-order valence-electron chi connectivity index (χ1n) is 9.60. The van der Waals surface area contributed by atoms with Gasteiger partial charge in [-0.05, 0) is 55.1 Å². The van der Waals surface area contributed by atoms with Crippen molar-refractivity contribution in [1.82, 2.24) is 0 Å². The molecule has 0 aliphatic heterocycles. The molecule has 1 N–H and O–H groups in total. The van der Waals surface area contributed by atoms with E-state index in [2.05, 4.69) is 0 Å². The number of hydrogen-bond donors (Lipinski definition) is 1. The van der Waals surface area contributed by atoms with E-state index in [9.17, 15) is 14.7 Å². The van der Waals surface area contributed by atoms with E-state index in [1.165, 1.54) is 28.1 Å². The number of benzene rings is 2. The van der Waals surface area contributed by atoms with Gasteiger partial charge in [-0.1, -0.05) is 18.2 Å². The number of carboxylic acid groups (broad SMARTS) is 1. The van der Waals surface area contributed by atoms with Crippen LogP contribution in [-0.2, 0) is 11.2 Å². The normalized spacial score (nSPS) is 11.1. The van der Waals surface area contributed by atoms with Crippen molar-refractivity contribution in [3.63, 3.8) is 0 Å². The summed E-state index contributed by atoms with van der Waals surface area (Å²) in [5, 5.41) is 11.2. The molecule has 0 atom stereocenters. The zero-order valence-electron chi connectivity index (χ0n) is 17.8. The average molecular weight is 441 g/mol. The SMILES string of the molecule is COc1ccc(-c2cccs2)c(OC)c1C(=O)Cc1cccc(OC(C)(C)C(=O)O)c1. The van der Waals surface area contributed by atoms with E-state index in [1.54, 1.807) is 41.7 Å². The van der Waals surface area contributed by atoms with E-state index < -0.39 is 11.6 Å². The molecule has 162 valence electrons. The molecule has 31 heavy (non-hydrogen) atoms. The number of ether oxygens (including phenoxy) is 3. The Morgan fingerprint density at radius 2 is 1.81 bits per heavy atom. The zero-order chi connectivity index (χ0) is 22.6. The fraction of sp³-hybridized carbons (Fsp3) is 0.250. The van der Waals surface area contributed by atoms with Crippen LogP contribution in [-0.4, -0.2) is 36.7 Å². The second kappa shape index (κ2) is 9.22. The van der Waals surface area contributed by atoms with Crippen LogP contribution in [0.1, 0.15) is 29.8 Å². The van der Waals surface area contributed by atoms with Crippen molar-refractivity contribution in [2.75, 3.05) is 14.2 Å². The molecule has 3 aromatic rings. The first-order valence-corrected chi connectivity index (χ1v) is 10.5. The molecular formula is C24H24O6S. The molecule has 0 radical (unpaired) electrons. The minimum absolute atomic E-state index is 0.0747. The van der Waals surface area contributed by atoms with Gasteiger partial charge in [0.1, 0.15) is 22.8 Å². The summed E-state index contributed by atoms with van der Waals surface area (Å²) < 4.78 is 16.7. The minimum atomic E-state index is -1.38. The molecular weight excluding hydrogens is 416 g/mol. The summed E-state index contributed by atoms with van der Waals surface area (Å²) in [6.45, 7) is 2.94. The lowest BCUT2D eigenvalue weighted by Crippen LogP contribution is -2.37. The van der Waals surface area contributed by atoms with Gasteiger partial charge in [0.15, 0.2) is 11.4 Å². The Morgan fingerprint density at radius 3 is 2.42 bits per heavy atom. The van der Waals surface area contributed by atoms with Gasteiger partial charge in [0.05, 0.1) is 14.2 Å². The lowest BCUT2D eigenvalue weighted by molar-refractivity contribution is -0.152.